The van der Waals surface area contributed by atoms with Crippen molar-refractivity contribution in [2.45, 2.75) is 19.8 Å². The number of carbonyl (C=O) groups excluding carboxylic acids is 1. The monoisotopic (exact) mass is 325 g/mol. The van der Waals surface area contributed by atoms with Gasteiger partial charge >= 0.3 is 0 Å². The summed E-state index contributed by atoms with van der Waals surface area (Å²) in [6.45, 7) is 4.31. The maximum absolute atomic E-state index is 12.1. The SMILES string of the molecule is COc1ccc(OC)c(NC(=O)/C=C/c2ccc(C(C)C)cc2)c1. The van der Waals surface area contributed by atoms with Crippen LogP contribution in [-0.4, -0.2) is 20.1 Å². The third-order valence-corrected chi connectivity index (χ3v) is 3.69. The number of benzene rings is 2. The molecular formula is C20H23NO3. The minimum absolute atomic E-state index is 0.227. The molecule has 0 aliphatic carbocycles. The van der Waals surface area contributed by atoms with E-state index >= 15 is 0 Å². The van der Waals surface area contributed by atoms with Gasteiger partial charge in [0.25, 0.3) is 0 Å². The minimum Gasteiger partial charge on any atom is -0.497 e. The Morgan fingerprint density at radius 2 is 1.75 bits per heavy atom. The lowest BCUT2D eigenvalue weighted by atomic mass is 10.0. The van der Waals surface area contributed by atoms with Crippen LogP contribution in [0.2, 0.25) is 0 Å². The van der Waals surface area contributed by atoms with Gasteiger partial charge in [0.2, 0.25) is 5.91 Å². The van der Waals surface area contributed by atoms with Crippen molar-refractivity contribution < 1.29 is 14.3 Å². The Bertz CT molecular complexity index is 718. The van der Waals surface area contributed by atoms with E-state index in [0.717, 1.165) is 5.56 Å². The maximum Gasteiger partial charge on any atom is 0.248 e. The Balaban J connectivity index is 2.07. The average molecular weight is 325 g/mol. The van der Waals surface area contributed by atoms with Gasteiger partial charge in [-0.25, -0.2) is 0 Å². The van der Waals surface area contributed by atoms with E-state index in [9.17, 15) is 4.79 Å². The van der Waals surface area contributed by atoms with E-state index in [4.69, 9.17) is 9.47 Å². The average Bonchev–Trinajstić information content (AvgIpc) is 2.60. The van der Waals surface area contributed by atoms with E-state index in [1.807, 2.05) is 12.1 Å². The van der Waals surface area contributed by atoms with Gasteiger partial charge in [0.05, 0.1) is 19.9 Å². The molecule has 0 unspecified atom stereocenters. The Hall–Kier alpha value is -2.75. The van der Waals surface area contributed by atoms with Crippen LogP contribution < -0.4 is 14.8 Å². The Kier molecular flexibility index (Phi) is 6.01. The Labute approximate surface area is 143 Å². The summed E-state index contributed by atoms with van der Waals surface area (Å²) in [6.07, 6.45) is 3.29. The highest BCUT2D eigenvalue weighted by Gasteiger charge is 2.07. The molecule has 0 atom stereocenters. The highest BCUT2D eigenvalue weighted by Crippen LogP contribution is 2.28. The first-order chi connectivity index (χ1) is 11.5. The van der Waals surface area contributed by atoms with Crippen molar-refractivity contribution in [2.75, 3.05) is 19.5 Å². The number of rotatable bonds is 6. The van der Waals surface area contributed by atoms with Gasteiger partial charge in [-0.2, -0.15) is 0 Å². The number of methoxy groups -OCH3 is 2. The van der Waals surface area contributed by atoms with Gasteiger partial charge in [0.1, 0.15) is 11.5 Å². The van der Waals surface area contributed by atoms with Crippen molar-refractivity contribution in [3.05, 3.63) is 59.7 Å². The normalized spacial score (nSPS) is 10.9. The molecule has 2 rings (SSSR count). The third-order valence-electron chi connectivity index (χ3n) is 3.69. The minimum atomic E-state index is -0.227. The molecule has 24 heavy (non-hydrogen) atoms. The fourth-order valence-electron chi connectivity index (χ4n) is 2.25. The Morgan fingerprint density at radius 3 is 2.33 bits per heavy atom. The third kappa shape index (κ3) is 4.62. The highest BCUT2D eigenvalue weighted by molar-refractivity contribution is 6.02. The van der Waals surface area contributed by atoms with Crippen LogP contribution in [0.15, 0.2) is 48.5 Å². The molecule has 126 valence electrons. The number of carbonyl (C=O) groups is 1. The summed E-state index contributed by atoms with van der Waals surface area (Å²) in [5, 5.41) is 2.81. The molecule has 0 saturated carbocycles. The first-order valence-electron chi connectivity index (χ1n) is 7.84. The maximum atomic E-state index is 12.1. The lowest BCUT2D eigenvalue weighted by Crippen LogP contribution is -2.09. The molecule has 0 bridgehead atoms. The summed E-state index contributed by atoms with van der Waals surface area (Å²) in [4.78, 5) is 12.1. The second kappa shape index (κ2) is 8.20. The molecule has 0 radical (unpaired) electrons. The second-order valence-corrected chi connectivity index (χ2v) is 5.71. The first-order valence-corrected chi connectivity index (χ1v) is 7.84. The van der Waals surface area contributed by atoms with E-state index in [2.05, 4.69) is 31.3 Å². The van der Waals surface area contributed by atoms with Crippen LogP contribution in [-0.2, 0) is 4.79 Å². The zero-order chi connectivity index (χ0) is 17.5. The molecule has 0 heterocycles. The van der Waals surface area contributed by atoms with E-state index in [1.54, 1.807) is 38.5 Å². The van der Waals surface area contributed by atoms with Crippen molar-refractivity contribution in [1.29, 1.82) is 0 Å². The van der Waals surface area contributed by atoms with E-state index < -0.39 is 0 Å². The fourth-order valence-corrected chi connectivity index (χ4v) is 2.25. The van der Waals surface area contributed by atoms with Crippen LogP contribution >= 0.6 is 0 Å². The molecule has 0 aromatic heterocycles. The Morgan fingerprint density at radius 1 is 1.04 bits per heavy atom. The zero-order valence-electron chi connectivity index (χ0n) is 14.5. The molecule has 0 aliphatic rings. The number of ether oxygens (including phenoxy) is 2. The quantitative estimate of drug-likeness (QED) is 0.797. The molecule has 0 saturated heterocycles. The van der Waals surface area contributed by atoms with Gasteiger partial charge in [-0.15, -0.1) is 0 Å². The van der Waals surface area contributed by atoms with E-state index in [0.29, 0.717) is 23.1 Å². The van der Waals surface area contributed by atoms with E-state index in [-0.39, 0.29) is 5.91 Å². The standard InChI is InChI=1S/C20H23NO3/c1-14(2)16-8-5-15(6-9-16)7-12-20(22)21-18-13-17(23-3)10-11-19(18)24-4/h5-14H,1-4H3,(H,21,22)/b12-7+. The molecule has 4 nitrogen and oxygen atoms in total. The van der Waals surface area contributed by atoms with Crippen molar-refractivity contribution in [1.82, 2.24) is 0 Å². The fraction of sp³-hybridized carbons (Fsp3) is 0.250. The molecule has 2 aromatic carbocycles. The van der Waals surface area contributed by atoms with Gasteiger partial charge in [-0.1, -0.05) is 38.1 Å². The van der Waals surface area contributed by atoms with Crippen LogP contribution in [0, 0.1) is 0 Å². The van der Waals surface area contributed by atoms with E-state index in [1.165, 1.54) is 11.6 Å². The zero-order valence-corrected chi connectivity index (χ0v) is 14.5. The van der Waals surface area contributed by atoms with Crippen molar-refractivity contribution in [3.63, 3.8) is 0 Å². The topological polar surface area (TPSA) is 47.6 Å². The van der Waals surface area contributed by atoms with Gasteiger partial charge < -0.3 is 14.8 Å². The number of anilines is 1. The molecular weight excluding hydrogens is 302 g/mol. The van der Waals surface area contributed by atoms with Gasteiger partial charge in [0, 0.05) is 12.1 Å². The van der Waals surface area contributed by atoms with Crippen LogP contribution in [0.4, 0.5) is 5.69 Å². The molecule has 2 aromatic rings. The molecule has 4 heteroatoms. The van der Waals surface area contributed by atoms with Crippen LogP contribution in [0.5, 0.6) is 11.5 Å². The summed E-state index contributed by atoms with van der Waals surface area (Å²) >= 11 is 0. The lowest BCUT2D eigenvalue weighted by Gasteiger charge is -2.10. The van der Waals surface area contributed by atoms with Crippen molar-refractivity contribution >= 4 is 17.7 Å². The molecule has 0 spiro atoms. The predicted octanol–water partition coefficient (Wildman–Crippen LogP) is 4.48. The first kappa shape index (κ1) is 17.6. The van der Waals surface area contributed by atoms with Gasteiger partial charge in [-0.3, -0.25) is 4.79 Å². The summed E-state index contributed by atoms with van der Waals surface area (Å²) in [5.74, 6) is 1.50. The highest BCUT2D eigenvalue weighted by atomic mass is 16.5. The molecule has 0 fully saturated rings. The summed E-state index contributed by atoms with van der Waals surface area (Å²) in [6, 6.07) is 13.4. The number of hydrogen-bond donors (Lipinski definition) is 1. The van der Waals surface area contributed by atoms with Crippen molar-refractivity contribution in [3.8, 4) is 11.5 Å². The summed E-state index contributed by atoms with van der Waals surface area (Å²) < 4.78 is 10.4. The number of hydrogen-bond acceptors (Lipinski definition) is 3. The van der Waals surface area contributed by atoms with Crippen LogP contribution in [0.1, 0.15) is 30.9 Å². The summed E-state index contributed by atoms with van der Waals surface area (Å²) in [7, 11) is 3.14. The molecule has 1 N–H and O–H groups in total. The van der Waals surface area contributed by atoms with Crippen LogP contribution in [0.3, 0.4) is 0 Å². The van der Waals surface area contributed by atoms with Gasteiger partial charge in [0.15, 0.2) is 0 Å². The number of nitrogens with one attached hydrogen (secondary N) is 1. The largest absolute Gasteiger partial charge is 0.497 e. The predicted molar refractivity (Wildman–Crippen MR) is 97.7 cm³/mol. The second-order valence-electron chi connectivity index (χ2n) is 5.71. The smallest absolute Gasteiger partial charge is 0.248 e. The lowest BCUT2D eigenvalue weighted by molar-refractivity contribution is -0.111. The number of amides is 1. The van der Waals surface area contributed by atoms with Gasteiger partial charge in [-0.05, 0) is 35.3 Å². The molecule has 1 amide bonds. The van der Waals surface area contributed by atoms with Crippen molar-refractivity contribution in [2.24, 2.45) is 0 Å². The summed E-state index contributed by atoms with van der Waals surface area (Å²) in [5.41, 5.74) is 2.83. The molecule has 0 aliphatic heterocycles. The van der Waals surface area contributed by atoms with Crippen LogP contribution in [0.25, 0.3) is 6.08 Å².